The highest BCUT2D eigenvalue weighted by Gasteiger charge is 2.22. The van der Waals surface area contributed by atoms with Gasteiger partial charge < -0.3 is 0 Å². The minimum atomic E-state index is 0.242. The summed E-state index contributed by atoms with van der Waals surface area (Å²) < 4.78 is 0.928. The van der Waals surface area contributed by atoms with Gasteiger partial charge in [-0.25, -0.2) is 0 Å². The normalized spacial score (nSPS) is 12.1. The van der Waals surface area contributed by atoms with Gasteiger partial charge in [0.25, 0.3) is 0 Å². The molecular formula is C10H14BrClS. The summed E-state index contributed by atoms with van der Waals surface area (Å²) in [5.74, 6) is 0. The first-order valence-electron chi connectivity index (χ1n) is 4.30. The first kappa shape index (κ1) is 11.5. The van der Waals surface area contributed by atoms with Crippen molar-refractivity contribution in [3.8, 4) is 0 Å². The summed E-state index contributed by atoms with van der Waals surface area (Å²) >= 11 is 11.2. The Hall–Kier alpha value is 0.470. The molecule has 13 heavy (non-hydrogen) atoms. The van der Waals surface area contributed by atoms with E-state index in [9.17, 15) is 0 Å². The predicted molar refractivity (Wildman–Crippen MR) is 65.5 cm³/mol. The van der Waals surface area contributed by atoms with Crippen LogP contribution in [-0.4, -0.2) is 5.33 Å². The van der Waals surface area contributed by atoms with Gasteiger partial charge in [0.05, 0.1) is 4.34 Å². The zero-order chi connectivity index (χ0) is 10.1. The van der Waals surface area contributed by atoms with Crippen molar-refractivity contribution >= 4 is 38.9 Å². The standard InChI is InChI=1S/C10H14BrClS/c1-7-6-8(13-9(7)12)10(2,3)4-5-11/h6H,4-5H2,1-3H3. The third-order valence-corrected chi connectivity index (χ3v) is 4.56. The van der Waals surface area contributed by atoms with Crippen LogP contribution < -0.4 is 0 Å². The van der Waals surface area contributed by atoms with Crippen LogP contribution in [0.5, 0.6) is 0 Å². The molecule has 0 atom stereocenters. The smallest absolute Gasteiger partial charge is 0.0960 e. The van der Waals surface area contributed by atoms with E-state index < -0.39 is 0 Å². The molecular weight excluding hydrogens is 268 g/mol. The highest BCUT2D eigenvalue weighted by atomic mass is 79.9. The van der Waals surface area contributed by atoms with E-state index in [4.69, 9.17) is 11.6 Å². The monoisotopic (exact) mass is 280 g/mol. The number of alkyl halides is 1. The Kier molecular flexibility index (Phi) is 3.84. The molecule has 1 heterocycles. The number of rotatable bonds is 3. The van der Waals surface area contributed by atoms with Crippen LogP contribution in [0.15, 0.2) is 6.07 Å². The molecule has 0 N–H and O–H groups in total. The Morgan fingerprint density at radius 2 is 2.15 bits per heavy atom. The molecule has 0 fully saturated rings. The first-order chi connectivity index (χ1) is 5.97. The SMILES string of the molecule is Cc1cc(C(C)(C)CCBr)sc1Cl. The lowest BCUT2D eigenvalue weighted by molar-refractivity contribution is 0.523. The van der Waals surface area contributed by atoms with Crippen LogP contribution >= 0.6 is 38.9 Å². The molecule has 0 aliphatic rings. The summed E-state index contributed by atoms with van der Waals surface area (Å²) in [7, 11) is 0. The maximum absolute atomic E-state index is 6.04. The van der Waals surface area contributed by atoms with Crippen molar-refractivity contribution in [1.82, 2.24) is 0 Å². The van der Waals surface area contributed by atoms with E-state index in [0.29, 0.717) is 0 Å². The summed E-state index contributed by atoms with van der Waals surface area (Å²) in [6.45, 7) is 6.58. The van der Waals surface area contributed by atoms with Crippen LogP contribution in [0.3, 0.4) is 0 Å². The molecule has 0 aliphatic carbocycles. The van der Waals surface area contributed by atoms with Gasteiger partial charge in [-0.15, -0.1) is 11.3 Å². The zero-order valence-corrected chi connectivity index (χ0v) is 11.3. The van der Waals surface area contributed by atoms with Gasteiger partial charge in [-0.05, 0) is 30.4 Å². The first-order valence-corrected chi connectivity index (χ1v) is 6.61. The fourth-order valence-electron chi connectivity index (χ4n) is 1.15. The van der Waals surface area contributed by atoms with E-state index in [1.54, 1.807) is 11.3 Å². The van der Waals surface area contributed by atoms with Crippen molar-refractivity contribution in [2.75, 3.05) is 5.33 Å². The summed E-state index contributed by atoms with van der Waals surface area (Å²) in [5.41, 5.74) is 1.44. The maximum Gasteiger partial charge on any atom is 0.0960 e. The van der Waals surface area contributed by atoms with Crippen molar-refractivity contribution < 1.29 is 0 Å². The molecule has 3 heteroatoms. The van der Waals surface area contributed by atoms with Gasteiger partial charge in [-0.2, -0.15) is 0 Å². The van der Waals surface area contributed by atoms with Crippen LogP contribution in [0.1, 0.15) is 30.7 Å². The number of halogens is 2. The van der Waals surface area contributed by atoms with Gasteiger partial charge in [0, 0.05) is 10.2 Å². The minimum absolute atomic E-state index is 0.242. The summed E-state index contributed by atoms with van der Waals surface area (Å²) in [6, 6.07) is 2.20. The average molecular weight is 282 g/mol. The maximum atomic E-state index is 6.04. The molecule has 1 aromatic heterocycles. The number of hydrogen-bond acceptors (Lipinski definition) is 1. The predicted octanol–water partition coefficient (Wildman–Crippen LogP) is 4.77. The van der Waals surface area contributed by atoms with Crippen LogP contribution in [0.4, 0.5) is 0 Å². The van der Waals surface area contributed by atoms with Crippen LogP contribution in [0, 0.1) is 6.92 Å². The molecule has 1 aromatic rings. The quantitative estimate of drug-likeness (QED) is 0.700. The zero-order valence-electron chi connectivity index (χ0n) is 8.16. The Morgan fingerprint density at radius 3 is 2.54 bits per heavy atom. The van der Waals surface area contributed by atoms with E-state index in [1.807, 2.05) is 0 Å². The van der Waals surface area contributed by atoms with E-state index >= 15 is 0 Å². The highest BCUT2D eigenvalue weighted by Crippen LogP contribution is 2.37. The van der Waals surface area contributed by atoms with Gasteiger partial charge in [-0.3, -0.25) is 0 Å². The lowest BCUT2D eigenvalue weighted by Gasteiger charge is -2.21. The number of aryl methyl sites for hydroxylation is 1. The van der Waals surface area contributed by atoms with E-state index in [2.05, 4.69) is 42.8 Å². The molecule has 0 radical (unpaired) electrons. The minimum Gasteiger partial charge on any atom is -0.128 e. The summed E-state index contributed by atoms with van der Waals surface area (Å²) in [6.07, 6.45) is 1.14. The molecule has 0 spiro atoms. The molecule has 0 unspecified atom stereocenters. The average Bonchev–Trinajstić information content (AvgIpc) is 2.33. The lowest BCUT2D eigenvalue weighted by Crippen LogP contribution is -2.15. The van der Waals surface area contributed by atoms with E-state index in [-0.39, 0.29) is 5.41 Å². The molecule has 0 bridgehead atoms. The molecule has 1 rings (SSSR count). The third-order valence-electron chi connectivity index (χ3n) is 2.24. The number of hydrogen-bond donors (Lipinski definition) is 0. The van der Waals surface area contributed by atoms with Crippen LogP contribution in [-0.2, 0) is 5.41 Å². The topological polar surface area (TPSA) is 0 Å². The molecule has 74 valence electrons. The molecule has 0 aliphatic heterocycles. The Bertz CT molecular complexity index is 272. The Morgan fingerprint density at radius 1 is 1.54 bits per heavy atom. The van der Waals surface area contributed by atoms with Gasteiger partial charge in [0.15, 0.2) is 0 Å². The molecule has 0 aromatic carbocycles. The fourth-order valence-corrected chi connectivity index (χ4v) is 3.48. The summed E-state index contributed by atoms with van der Waals surface area (Å²) in [4.78, 5) is 1.38. The molecule has 0 nitrogen and oxygen atoms in total. The largest absolute Gasteiger partial charge is 0.128 e. The van der Waals surface area contributed by atoms with E-state index in [0.717, 1.165) is 16.1 Å². The summed E-state index contributed by atoms with van der Waals surface area (Å²) in [5, 5.41) is 1.04. The Balaban J connectivity index is 2.93. The van der Waals surface area contributed by atoms with Gasteiger partial charge >= 0.3 is 0 Å². The molecule has 0 saturated heterocycles. The van der Waals surface area contributed by atoms with Crippen molar-refractivity contribution in [3.63, 3.8) is 0 Å². The lowest BCUT2D eigenvalue weighted by atomic mass is 9.88. The van der Waals surface area contributed by atoms with E-state index in [1.165, 1.54) is 10.4 Å². The molecule has 0 saturated carbocycles. The second-order valence-electron chi connectivity index (χ2n) is 3.89. The highest BCUT2D eigenvalue weighted by molar-refractivity contribution is 9.09. The fraction of sp³-hybridized carbons (Fsp3) is 0.600. The third kappa shape index (κ3) is 2.71. The Labute approximate surface area is 97.4 Å². The van der Waals surface area contributed by atoms with Crippen molar-refractivity contribution in [2.45, 2.75) is 32.6 Å². The second kappa shape index (κ2) is 4.33. The van der Waals surface area contributed by atoms with Gasteiger partial charge in [-0.1, -0.05) is 41.4 Å². The number of thiophene rings is 1. The van der Waals surface area contributed by atoms with Crippen molar-refractivity contribution in [2.24, 2.45) is 0 Å². The van der Waals surface area contributed by atoms with Crippen LogP contribution in [0.25, 0.3) is 0 Å². The van der Waals surface area contributed by atoms with Crippen LogP contribution in [0.2, 0.25) is 4.34 Å². The second-order valence-corrected chi connectivity index (χ2v) is 6.34. The van der Waals surface area contributed by atoms with Gasteiger partial charge in [0.1, 0.15) is 0 Å². The van der Waals surface area contributed by atoms with Crippen molar-refractivity contribution in [3.05, 3.63) is 20.8 Å². The van der Waals surface area contributed by atoms with Crippen molar-refractivity contribution in [1.29, 1.82) is 0 Å². The van der Waals surface area contributed by atoms with Gasteiger partial charge in [0.2, 0.25) is 0 Å². The molecule has 0 amide bonds.